The molecule has 5 aliphatic heterocycles. The van der Waals surface area contributed by atoms with E-state index in [1.165, 1.54) is 5.06 Å². The van der Waals surface area contributed by atoms with Gasteiger partial charge in [0.05, 0.1) is 32.4 Å². The number of nitrogens with one attached hydrogen (secondary N) is 1. The Morgan fingerprint density at radius 3 is 2.39 bits per heavy atom. The summed E-state index contributed by atoms with van der Waals surface area (Å²) in [7, 11) is 0. The van der Waals surface area contributed by atoms with E-state index in [1.54, 1.807) is 37.8 Å². The molecule has 5 heterocycles. The molecular weight excluding hydrogens is 899 g/mol. The van der Waals surface area contributed by atoms with Crippen LogP contribution >= 0.6 is 0 Å². The molecule has 5 saturated heterocycles. The molecule has 6 aliphatic rings. The highest BCUT2D eigenvalue weighted by Crippen LogP contribution is 2.59. The molecule has 0 spiro atoms. The molecule has 6 fully saturated rings. The van der Waals surface area contributed by atoms with Crippen molar-refractivity contribution in [1.82, 2.24) is 15.3 Å². The number of amides is 2. The monoisotopic (exact) mass is 974 g/mol. The first-order chi connectivity index (χ1) is 33.0. The Kier molecular flexibility index (Phi) is 17.6. The van der Waals surface area contributed by atoms with Crippen molar-refractivity contribution in [3.05, 3.63) is 41.5 Å². The zero-order valence-electron chi connectivity index (χ0n) is 40.7. The van der Waals surface area contributed by atoms with Gasteiger partial charge in [-0.25, -0.2) is 0 Å². The quantitative estimate of drug-likeness (QED) is 0.0722. The number of hydrogen-bond acceptors (Lipinski definition) is 17. The fourth-order valence-corrected chi connectivity index (χ4v) is 10.9. The zero-order valence-corrected chi connectivity index (χ0v) is 40.7. The Morgan fingerprint density at radius 2 is 1.71 bits per heavy atom. The third-order valence-corrected chi connectivity index (χ3v) is 14.3. The van der Waals surface area contributed by atoms with Crippen LogP contribution in [0.25, 0.3) is 6.08 Å². The summed E-state index contributed by atoms with van der Waals surface area (Å²) in [6.07, 6.45) is 1.15. The number of hydrogen-bond donors (Lipinski definition) is 6. The molecule has 0 aromatic heterocycles. The minimum atomic E-state index is -1.57. The van der Waals surface area contributed by atoms with Crippen molar-refractivity contribution >= 4 is 29.8 Å². The van der Waals surface area contributed by atoms with E-state index >= 15 is 4.79 Å². The van der Waals surface area contributed by atoms with E-state index in [-0.39, 0.29) is 39.0 Å². The molecule has 69 heavy (non-hydrogen) atoms. The lowest BCUT2D eigenvalue weighted by molar-refractivity contribution is -0.298. The van der Waals surface area contributed by atoms with Crippen molar-refractivity contribution in [2.24, 2.45) is 5.41 Å². The maximum absolute atomic E-state index is 15.7. The third-order valence-electron chi connectivity index (χ3n) is 14.3. The predicted octanol–water partition coefficient (Wildman–Crippen LogP) is 2.55. The van der Waals surface area contributed by atoms with Crippen LogP contribution in [0.3, 0.4) is 0 Å². The van der Waals surface area contributed by atoms with Crippen LogP contribution < -0.4 is 5.32 Å². The molecule has 19 heteroatoms. The number of carbonyl (C=O) groups excluding carboxylic acids is 4. The molecule has 386 valence electrons. The second-order valence-electron chi connectivity index (χ2n) is 20.6. The summed E-state index contributed by atoms with van der Waals surface area (Å²) in [4.78, 5) is 65.3. The van der Waals surface area contributed by atoms with Crippen molar-refractivity contribution in [3.8, 4) is 0 Å². The average molecular weight is 974 g/mol. The van der Waals surface area contributed by atoms with Crippen LogP contribution in [0.2, 0.25) is 0 Å². The molecule has 1 aromatic carbocycles. The molecule has 13 atom stereocenters. The number of esters is 2. The van der Waals surface area contributed by atoms with E-state index < -0.39 is 127 Å². The molecule has 2 bridgehead atoms. The largest absolute Gasteiger partial charge is 0.460 e. The molecule has 1 saturated carbocycles. The van der Waals surface area contributed by atoms with Gasteiger partial charge in [-0.15, -0.1) is 0 Å². The van der Waals surface area contributed by atoms with Gasteiger partial charge in [0.2, 0.25) is 11.8 Å². The molecule has 6 N–H and O–H groups in total. The minimum absolute atomic E-state index is 0.0264. The highest BCUT2D eigenvalue weighted by molar-refractivity contribution is 5.96. The van der Waals surface area contributed by atoms with Gasteiger partial charge in [-0.1, -0.05) is 75.9 Å². The van der Waals surface area contributed by atoms with Crippen LogP contribution in [0.15, 0.2) is 30.3 Å². The molecule has 2 amide bonds. The number of likely N-dealkylation sites (tertiary alicyclic amines) is 1. The number of nitrogens with zero attached hydrogens (tertiary/aromatic N) is 2. The van der Waals surface area contributed by atoms with E-state index in [2.05, 4.69) is 19.2 Å². The molecule has 0 unspecified atom stereocenters. The lowest BCUT2D eigenvalue weighted by atomic mass is 9.62. The summed E-state index contributed by atoms with van der Waals surface area (Å²) in [5, 5.41) is 54.8. The molecule has 0 radical (unpaired) electrons. The Morgan fingerprint density at radius 1 is 0.986 bits per heavy atom. The van der Waals surface area contributed by atoms with Gasteiger partial charge in [-0.05, 0) is 64.0 Å². The Bertz CT molecular complexity index is 1950. The molecule has 1 aromatic rings. The van der Waals surface area contributed by atoms with Gasteiger partial charge in [0.25, 0.3) is 0 Å². The summed E-state index contributed by atoms with van der Waals surface area (Å²) < 4.78 is 36.8. The van der Waals surface area contributed by atoms with Gasteiger partial charge in [0, 0.05) is 32.2 Å². The third kappa shape index (κ3) is 11.7. The second kappa shape index (κ2) is 22.9. The number of aliphatic hydroxyl groups excluding tert-OH is 5. The lowest BCUT2D eigenvalue weighted by Crippen LogP contribution is -2.70. The predicted molar refractivity (Wildman–Crippen MR) is 246 cm³/mol. The summed E-state index contributed by atoms with van der Waals surface area (Å²) >= 11 is 0. The fraction of sp³-hybridized carbons (Fsp3) is 0.760. The zero-order chi connectivity index (χ0) is 49.7. The average Bonchev–Trinajstić information content (AvgIpc) is 4.05. The lowest BCUT2D eigenvalue weighted by Gasteiger charge is -2.50. The minimum Gasteiger partial charge on any atom is -0.460 e. The van der Waals surface area contributed by atoms with Crippen molar-refractivity contribution in [1.29, 1.82) is 0 Å². The van der Waals surface area contributed by atoms with Gasteiger partial charge >= 0.3 is 11.9 Å². The highest BCUT2D eigenvalue weighted by Gasteiger charge is 2.77. The first-order valence-electron chi connectivity index (χ1n) is 25.1. The molecule has 7 rings (SSSR count). The first-order valence-corrected chi connectivity index (χ1v) is 25.1. The maximum Gasteiger partial charge on any atom is 0.327 e. The Hall–Kier alpha value is -3.60. The first kappa shape index (κ1) is 53.2. The van der Waals surface area contributed by atoms with Crippen LogP contribution in [0.5, 0.6) is 0 Å². The van der Waals surface area contributed by atoms with Crippen LogP contribution in [0.4, 0.5) is 0 Å². The molecule has 19 nitrogen and oxygen atoms in total. The van der Waals surface area contributed by atoms with Crippen LogP contribution in [-0.4, -0.2) is 170 Å². The number of aliphatic hydroxyl groups is 5. The number of ether oxygens (including phenoxy) is 6. The second-order valence-corrected chi connectivity index (χ2v) is 20.6. The van der Waals surface area contributed by atoms with Gasteiger partial charge in [-0.2, -0.15) is 5.06 Å². The van der Waals surface area contributed by atoms with Gasteiger partial charge < -0.3 is 64.2 Å². The van der Waals surface area contributed by atoms with Crippen LogP contribution in [-0.2, 0) is 59.0 Å². The van der Waals surface area contributed by atoms with Crippen LogP contribution in [0, 0.1) is 5.41 Å². The van der Waals surface area contributed by atoms with Crippen molar-refractivity contribution in [2.75, 3.05) is 26.4 Å². The van der Waals surface area contributed by atoms with Crippen molar-refractivity contribution < 1.29 is 78.0 Å². The summed E-state index contributed by atoms with van der Waals surface area (Å²) in [6, 6.07) is 4.54. The van der Waals surface area contributed by atoms with E-state index in [4.69, 9.17) is 33.3 Å². The number of carbonyl (C=O) groups is 4. The number of unbranched alkanes of at least 4 members (excludes halogenated alkanes) is 4. The van der Waals surface area contributed by atoms with E-state index in [1.807, 2.05) is 24.3 Å². The van der Waals surface area contributed by atoms with Gasteiger partial charge in [0.1, 0.15) is 65.9 Å². The number of fused-ring (bicyclic) bond motifs is 4. The Balaban J connectivity index is 1.14. The topological polar surface area (TPSA) is 253 Å². The van der Waals surface area contributed by atoms with Crippen molar-refractivity contribution in [3.63, 3.8) is 0 Å². The molecular formula is C50H75N3O16. The molecule has 1 aliphatic carbocycles. The normalized spacial score (nSPS) is 33.3. The summed E-state index contributed by atoms with van der Waals surface area (Å²) in [5.41, 5.74) is -0.738. The smallest absolute Gasteiger partial charge is 0.327 e. The summed E-state index contributed by atoms with van der Waals surface area (Å²) in [6.45, 7) is 8.81. The van der Waals surface area contributed by atoms with E-state index in [0.29, 0.717) is 25.7 Å². The highest BCUT2D eigenvalue weighted by atomic mass is 16.8. The fourth-order valence-electron chi connectivity index (χ4n) is 10.9. The number of hydroxylamine groups is 2. The number of benzene rings is 1. The SMILES string of the molecule is CCCCCC1(CCCCC)O[C@@H]2[C@H](O1)[C@H]1ON(Cc3cccc(C=CCO[C@H]4O[C@H](CO)[C@H](O)[C@H](O)[C@H]4O)c3)[C@@H]3C(=O)O[C@@H]2C[C@]13C(=O)N1CCC[C@@H]1C(=O)N[C@H](CO)CCC(=O)OC(C)(C)C. The standard InChI is InChI=1S/C50H75N3O16/c1-6-8-10-21-49(22-11-9-7-2)67-40-34-26-50(47(62)52-23-13-18-33(52)44(60)51-32(28-54)19-20-36(56)66-48(3,4)5)42(45(61)64-34)53(69-43(50)41(40)68-49)27-31-16-12-15-30(25-31)17-14-24-63-46-39(59)38(58)37(57)35(29-55)65-46/h12,14-17,25,32-35,37-43,46,54-55,57-59H,6-11,13,18-24,26-29H2,1-5H3,(H,51,60)/t32-,33+,34+,35+,37-,38-,39+,40-,41-,42+,43+,46-,50+/m0/s1. The van der Waals surface area contributed by atoms with Gasteiger partial charge in [0.15, 0.2) is 18.1 Å². The van der Waals surface area contributed by atoms with E-state index in [9.17, 15) is 39.9 Å². The maximum atomic E-state index is 15.7. The summed E-state index contributed by atoms with van der Waals surface area (Å²) in [5.74, 6) is -2.95. The van der Waals surface area contributed by atoms with Crippen LogP contribution in [0.1, 0.15) is 129 Å². The van der Waals surface area contributed by atoms with Crippen molar-refractivity contribution in [2.45, 2.75) is 209 Å². The Labute approximate surface area is 404 Å². The number of rotatable bonds is 22. The van der Waals surface area contributed by atoms with E-state index in [0.717, 1.165) is 49.7 Å². The van der Waals surface area contributed by atoms with Gasteiger partial charge in [-0.3, -0.25) is 24.0 Å².